The second-order valence-electron chi connectivity index (χ2n) is 5.00. The molecule has 0 unspecified atom stereocenters. The monoisotopic (exact) mass is 247 g/mol. The van der Waals surface area contributed by atoms with Crippen LogP contribution in [0.15, 0.2) is 18.2 Å². The van der Waals surface area contributed by atoms with Crippen molar-refractivity contribution in [3.8, 4) is 5.75 Å². The number of ether oxygens (including phenoxy) is 1. The lowest BCUT2D eigenvalue weighted by Crippen LogP contribution is -2.29. The molecule has 0 spiro atoms. The van der Waals surface area contributed by atoms with Gasteiger partial charge in [0.2, 0.25) is 5.91 Å². The van der Waals surface area contributed by atoms with Gasteiger partial charge in [-0.15, -0.1) is 0 Å². The number of hydrogen-bond donors (Lipinski definition) is 2. The van der Waals surface area contributed by atoms with E-state index in [4.69, 9.17) is 4.74 Å². The summed E-state index contributed by atoms with van der Waals surface area (Å²) in [6.07, 6.45) is 2.22. The van der Waals surface area contributed by atoms with E-state index in [9.17, 15) is 9.90 Å². The van der Waals surface area contributed by atoms with Gasteiger partial charge in [0.1, 0.15) is 5.75 Å². The van der Waals surface area contributed by atoms with E-state index >= 15 is 0 Å². The van der Waals surface area contributed by atoms with Gasteiger partial charge in [0.05, 0.1) is 12.7 Å². The third-order valence-electron chi connectivity index (χ3n) is 3.52. The van der Waals surface area contributed by atoms with Crippen molar-refractivity contribution in [3.05, 3.63) is 29.3 Å². The zero-order valence-electron chi connectivity index (χ0n) is 10.2. The van der Waals surface area contributed by atoms with Crippen LogP contribution in [-0.4, -0.2) is 24.2 Å². The van der Waals surface area contributed by atoms with Gasteiger partial charge in [0, 0.05) is 18.9 Å². The molecule has 4 nitrogen and oxygen atoms in total. The minimum Gasteiger partial charge on any atom is -0.493 e. The number of rotatable bonds is 4. The maximum atomic E-state index is 11.5. The van der Waals surface area contributed by atoms with Gasteiger partial charge in [0.25, 0.3) is 0 Å². The molecule has 4 heteroatoms. The Labute approximate surface area is 106 Å². The number of fused-ring (bicyclic) bond motifs is 1. The van der Waals surface area contributed by atoms with E-state index in [-0.39, 0.29) is 18.4 Å². The molecule has 1 aromatic carbocycles. The summed E-state index contributed by atoms with van der Waals surface area (Å²) in [7, 11) is 0. The predicted molar refractivity (Wildman–Crippen MR) is 66.3 cm³/mol. The topological polar surface area (TPSA) is 58.6 Å². The number of benzene rings is 1. The van der Waals surface area contributed by atoms with Gasteiger partial charge in [-0.25, -0.2) is 0 Å². The van der Waals surface area contributed by atoms with Crippen LogP contribution < -0.4 is 10.1 Å². The van der Waals surface area contributed by atoms with Gasteiger partial charge in [0.15, 0.2) is 0 Å². The maximum absolute atomic E-state index is 11.5. The van der Waals surface area contributed by atoms with Gasteiger partial charge >= 0.3 is 0 Å². The standard InChI is InChI=1S/C14H17NO3/c16-12(8-15-14(17)9-1-2-9)10-3-4-13-11(7-10)5-6-18-13/h3-4,7,9,12,16H,1-2,5-6,8H2,(H,15,17)/t12-/m1/s1. The van der Waals surface area contributed by atoms with Crippen LogP contribution in [0.2, 0.25) is 0 Å². The average molecular weight is 247 g/mol. The van der Waals surface area contributed by atoms with Crippen LogP contribution in [-0.2, 0) is 11.2 Å². The summed E-state index contributed by atoms with van der Waals surface area (Å²) in [5.41, 5.74) is 1.98. The molecule has 1 amide bonds. The Morgan fingerprint density at radius 3 is 3.11 bits per heavy atom. The summed E-state index contributed by atoms with van der Waals surface area (Å²) < 4.78 is 5.42. The molecule has 3 rings (SSSR count). The molecule has 0 saturated heterocycles. The van der Waals surface area contributed by atoms with Gasteiger partial charge in [-0.3, -0.25) is 4.79 Å². The summed E-state index contributed by atoms with van der Waals surface area (Å²) in [6, 6.07) is 5.72. The third-order valence-corrected chi connectivity index (χ3v) is 3.52. The van der Waals surface area contributed by atoms with Gasteiger partial charge in [-0.2, -0.15) is 0 Å². The first-order valence-corrected chi connectivity index (χ1v) is 6.45. The fourth-order valence-corrected chi connectivity index (χ4v) is 2.22. The van der Waals surface area contributed by atoms with Crippen molar-refractivity contribution in [3.63, 3.8) is 0 Å². The number of carbonyl (C=O) groups excluding carboxylic acids is 1. The highest BCUT2D eigenvalue weighted by atomic mass is 16.5. The zero-order chi connectivity index (χ0) is 12.5. The Morgan fingerprint density at radius 1 is 1.50 bits per heavy atom. The fourth-order valence-electron chi connectivity index (χ4n) is 2.22. The molecule has 1 aliphatic heterocycles. The minimum atomic E-state index is -0.640. The molecule has 1 atom stereocenters. The predicted octanol–water partition coefficient (Wildman–Crippen LogP) is 1.18. The average Bonchev–Trinajstić information content (AvgIpc) is 3.13. The molecule has 1 heterocycles. The maximum Gasteiger partial charge on any atom is 0.223 e. The molecule has 1 fully saturated rings. The van der Waals surface area contributed by atoms with Crippen LogP contribution in [0.3, 0.4) is 0 Å². The second kappa shape index (κ2) is 4.61. The van der Waals surface area contributed by atoms with Crippen molar-refractivity contribution in [2.24, 2.45) is 5.92 Å². The molecule has 0 aromatic heterocycles. The summed E-state index contributed by atoms with van der Waals surface area (Å²) in [5.74, 6) is 1.16. The third kappa shape index (κ3) is 2.34. The first-order valence-electron chi connectivity index (χ1n) is 6.45. The summed E-state index contributed by atoms with van der Waals surface area (Å²) in [6.45, 7) is 1.00. The largest absolute Gasteiger partial charge is 0.493 e. The van der Waals surface area contributed by atoms with Crippen molar-refractivity contribution in [2.45, 2.75) is 25.4 Å². The fraction of sp³-hybridized carbons (Fsp3) is 0.500. The van der Waals surface area contributed by atoms with E-state index in [1.54, 1.807) is 0 Å². The number of amides is 1. The van der Waals surface area contributed by atoms with Crippen molar-refractivity contribution in [1.29, 1.82) is 0 Å². The molecule has 96 valence electrons. The SMILES string of the molecule is O=C(NC[C@@H](O)c1ccc2c(c1)CCO2)C1CC1. The molecule has 2 aliphatic rings. The Bertz CT molecular complexity index is 468. The first-order chi connectivity index (χ1) is 8.74. The summed E-state index contributed by atoms with van der Waals surface area (Å²) >= 11 is 0. The summed E-state index contributed by atoms with van der Waals surface area (Å²) in [4.78, 5) is 11.5. The van der Waals surface area contributed by atoms with Crippen molar-refractivity contribution < 1.29 is 14.6 Å². The van der Waals surface area contributed by atoms with Crippen LogP contribution in [0.1, 0.15) is 30.1 Å². The highest BCUT2D eigenvalue weighted by Crippen LogP contribution is 2.30. The van der Waals surface area contributed by atoms with E-state index in [1.807, 2.05) is 18.2 Å². The lowest BCUT2D eigenvalue weighted by Gasteiger charge is -2.13. The van der Waals surface area contributed by atoms with Crippen LogP contribution in [0, 0.1) is 5.92 Å². The molecule has 18 heavy (non-hydrogen) atoms. The molecular weight excluding hydrogens is 230 g/mol. The van der Waals surface area contributed by atoms with Crippen LogP contribution in [0.4, 0.5) is 0 Å². The van der Waals surface area contributed by atoms with Crippen LogP contribution in [0.25, 0.3) is 0 Å². The first kappa shape index (κ1) is 11.5. The highest BCUT2D eigenvalue weighted by Gasteiger charge is 2.29. The van der Waals surface area contributed by atoms with E-state index in [0.717, 1.165) is 36.1 Å². The van der Waals surface area contributed by atoms with Crippen molar-refractivity contribution in [2.75, 3.05) is 13.2 Å². The van der Waals surface area contributed by atoms with Crippen LogP contribution >= 0.6 is 0 Å². The molecule has 0 bridgehead atoms. The summed E-state index contributed by atoms with van der Waals surface area (Å²) in [5, 5.41) is 12.8. The number of nitrogens with one attached hydrogen (secondary N) is 1. The van der Waals surface area contributed by atoms with Gasteiger partial charge < -0.3 is 15.2 Å². The molecule has 1 saturated carbocycles. The lowest BCUT2D eigenvalue weighted by atomic mass is 10.0. The normalized spacial score (nSPS) is 18.9. The zero-order valence-corrected chi connectivity index (χ0v) is 10.2. The van der Waals surface area contributed by atoms with E-state index in [2.05, 4.69) is 5.32 Å². The quantitative estimate of drug-likeness (QED) is 0.840. The van der Waals surface area contributed by atoms with Gasteiger partial charge in [-0.05, 0) is 36.1 Å². The van der Waals surface area contributed by atoms with Gasteiger partial charge in [-0.1, -0.05) is 6.07 Å². The smallest absolute Gasteiger partial charge is 0.223 e. The molecular formula is C14H17NO3. The Morgan fingerprint density at radius 2 is 2.33 bits per heavy atom. The number of carbonyl (C=O) groups is 1. The Hall–Kier alpha value is -1.55. The van der Waals surface area contributed by atoms with Crippen molar-refractivity contribution >= 4 is 5.91 Å². The van der Waals surface area contributed by atoms with E-state index < -0.39 is 6.10 Å². The second-order valence-corrected chi connectivity index (χ2v) is 5.00. The minimum absolute atomic E-state index is 0.0681. The number of aliphatic hydroxyl groups excluding tert-OH is 1. The highest BCUT2D eigenvalue weighted by molar-refractivity contribution is 5.80. The molecule has 0 radical (unpaired) electrons. The Kier molecular flexibility index (Phi) is 2.96. The van der Waals surface area contributed by atoms with E-state index in [0.29, 0.717) is 6.61 Å². The van der Waals surface area contributed by atoms with Crippen LogP contribution in [0.5, 0.6) is 5.75 Å². The van der Waals surface area contributed by atoms with E-state index in [1.165, 1.54) is 0 Å². The molecule has 1 aromatic rings. The van der Waals surface area contributed by atoms with Crippen molar-refractivity contribution in [1.82, 2.24) is 5.32 Å². The molecule has 1 aliphatic carbocycles. The lowest BCUT2D eigenvalue weighted by molar-refractivity contribution is -0.122. The number of aliphatic hydroxyl groups is 1. The Balaban J connectivity index is 1.61. The molecule has 2 N–H and O–H groups in total. The number of hydrogen-bond acceptors (Lipinski definition) is 3.